The molecule has 0 atom stereocenters. The summed E-state index contributed by atoms with van der Waals surface area (Å²) in [5, 5.41) is 0. The molecular formula is C26H45F5O4. The first-order chi connectivity index (χ1) is 16.5. The number of halogens is 5. The van der Waals surface area contributed by atoms with Crippen molar-refractivity contribution in [3.8, 4) is 0 Å². The van der Waals surface area contributed by atoms with E-state index in [9.17, 15) is 31.5 Å². The molecule has 35 heavy (non-hydrogen) atoms. The average molecular weight is 517 g/mol. The second-order valence-corrected chi connectivity index (χ2v) is 9.30. The Morgan fingerprint density at radius 3 is 1.31 bits per heavy atom. The Kier molecular flexibility index (Phi) is 17.2. The standard InChI is InChI=1S/C26H45F5O4/c1-4-7-8-9-10-11-12-13-14-15-16-17-18-19-20-34-22(32)24(5-2,6-3)23(33)35-21-25(27,28)26(29,30)31/h4-21H2,1-3H3. The summed E-state index contributed by atoms with van der Waals surface area (Å²) >= 11 is 0. The van der Waals surface area contributed by atoms with E-state index in [1.54, 1.807) is 0 Å². The summed E-state index contributed by atoms with van der Waals surface area (Å²) in [5.74, 6) is -7.55. The minimum absolute atomic E-state index is 0.0601. The second kappa shape index (κ2) is 17.9. The van der Waals surface area contributed by atoms with Crippen molar-refractivity contribution in [1.82, 2.24) is 0 Å². The van der Waals surface area contributed by atoms with Crippen LogP contribution < -0.4 is 0 Å². The summed E-state index contributed by atoms with van der Waals surface area (Å²) < 4.78 is 72.5. The molecule has 9 heteroatoms. The molecule has 0 heterocycles. The van der Waals surface area contributed by atoms with Crippen LogP contribution in [0, 0.1) is 5.41 Å². The molecule has 208 valence electrons. The van der Waals surface area contributed by atoms with E-state index in [0.717, 1.165) is 19.3 Å². The van der Waals surface area contributed by atoms with E-state index < -0.39 is 36.1 Å². The molecule has 0 aromatic rings. The molecule has 4 nitrogen and oxygen atoms in total. The van der Waals surface area contributed by atoms with Crippen LogP contribution >= 0.6 is 0 Å². The van der Waals surface area contributed by atoms with Gasteiger partial charge >= 0.3 is 24.0 Å². The molecule has 0 bridgehead atoms. The molecule has 0 fully saturated rings. The molecule has 0 aliphatic carbocycles. The first kappa shape index (κ1) is 33.6. The molecule has 0 saturated carbocycles. The van der Waals surface area contributed by atoms with Gasteiger partial charge in [0.25, 0.3) is 0 Å². The first-order valence-electron chi connectivity index (χ1n) is 13.3. The van der Waals surface area contributed by atoms with Gasteiger partial charge in [0.1, 0.15) is 0 Å². The van der Waals surface area contributed by atoms with E-state index in [-0.39, 0.29) is 19.4 Å². The van der Waals surface area contributed by atoms with Crippen LogP contribution in [0.4, 0.5) is 22.0 Å². The van der Waals surface area contributed by atoms with E-state index in [2.05, 4.69) is 11.7 Å². The maximum Gasteiger partial charge on any atom is 0.456 e. The number of hydrogen-bond acceptors (Lipinski definition) is 4. The van der Waals surface area contributed by atoms with Crippen LogP contribution in [0.5, 0.6) is 0 Å². The lowest BCUT2D eigenvalue weighted by atomic mass is 9.82. The first-order valence-corrected chi connectivity index (χ1v) is 13.3. The maximum atomic E-state index is 13.1. The predicted octanol–water partition coefficient (Wildman–Crippen LogP) is 8.56. The number of unbranched alkanes of at least 4 members (excludes halogenated alkanes) is 13. The molecule has 0 rings (SSSR count). The van der Waals surface area contributed by atoms with Crippen molar-refractivity contribution in [2.24, 2.45) is 5.41 Å². The lowest BCUT2D eigenvalue weighted by Crippen LogP contribution is -2.46. The van der Waals surface area contributed by atoms with Gasteiger partial charge in [-0.15, -0.1) is 0 Å². The highest BCUT2D eigenvalue weighted by Crippen LogP contribution is 2.37. The van der Waals surface area contributed by atoms with Gasteiger partial charge in [0.2, 0.25) is 0 Å². The molecule has 0 spiro atoms. The number of carbonyl (C=O) groups excluding carboxylic acids is 2. The highest BCUT2D eigenvalue weighted by Gasteiger charge is 2.59. The van der Waals surface area contributed by atoms with Crippen molar-refractivity contribution in [2.75, 3.05) is 13.2 Å². The molecule has 0 unspecified atom stereocenters. The van der Waals surface area contributed by atoms with Crippen LogP contribution in [-0.2, 0) is 19.1 Å². The predicted molar refractivity (Wildman–Crippen MR) is 126 cm³/mol. The molecule has 0 aliphatic heterocycles. The fraction of sp³-hybridized carbons (Fsp3) is 0.923. The van der Waals surface area contributed by atoms with Crippen LogP contribution in [-0.4, -0.2) is 37.3 Å². The van der Waals surface area contributed by atoms with E-state index in [1.807, 2.05) is 0 Å². The number of esters is 2. The molecule has 0 saturated heterocycles. The number of ether oxygens (including phenoxy) is 2. The molecule has 0 amide bonds. The fourth-order valence-corrected chi connectivity index (χ4v) is 3.89. The normalized spacial score (nSPS) is 12.6. The molecule has 0 aliphatic rings. The summed E-state index contributed by atoms with van der Waals surface area (Å²) in [6, 6.07) is 0. The van der Waals surface area contributed by atoms with Gasteiger partial charge in [-0.2, -0.15) is 22.0 Å². The molecule has 0 aromatic carbocycles. The molecule has 0 radical (unpaired) electrons. The van der Waals surface area contributed by atoms with Crippen molar-refractivity contribution in [1.29, 1.82) is 0 Å². The van der Waals surface area contributed by atoms with Gasteiger partial charge in [0, 0.05) is 0 Å². The highest BCUT2D eigenvalue weighted by molar-refractivity contribution is 6.00. The largest absolute Gasteiger partial charge is 0.465 e. The van der Waals surface area contributed by atoms with Crippen LogP contribution in [0.25, 0.3) is 0 Å². The van der Waals surface area contributed by atoms with Crippen molar-refractivity contribution in [3.05, 3.63) is 0 Å². The zero-order valence-corrected chi connectivity index (χ0v) is 21.8. The van der Waals surface area contributed by atoms with Crippen LogP contribution in [0.15, 0.2) is 0 Å². The van der Waals surface area contributed by atoms with Crippen molar-refractivity contribution in [2.45, 2.75) is 136 Å². The number of alkyl halides is 5. The minimum Gasteiger partial charge on any atom is -0.465 e. The Balaban J connectivity index is 4.11. The monoisotopic (exact) mass is 516 g/mol. The highest BCUT2D eigenvalue weighted by atomic mass is 19.4. The summed E-state index contributed by atoms with van der Waals surface area (Å²) in [4.78, 5) is 24.8. The van der Waals surface area contributed by atoms with Gasteiger partial charge in [0.05, 0.1) is 6.61 Å². The third-order valence-corrected chi connectivity index (χ3v) is 6.52. The van der Waals surface area contributed by atoms with Crippen LogP contribution in [0.3, 0.4) is 0 Å². The second-order valence-electron chi connectivity index (χ2n) is 9.30. The van der Waals surface area contributed by atoms with Crippen LogP contribution in [0.1, 0.15) is 124 Å². The number of rotatable bonds is 21. The lowest BCUT2D eigenvalue weighted by molar-refractivity contribution is -0.295. The van der Waals surface area contributed by atoms with Crippen molar-refractivity contribution < 1.29 is 41.0 Å². The SMILES string of the molecule is CCCCCCCCCCCCCCCCOC(=O)C(CC)(CC)C(=O)OCC(F)(F)C(F)(F)F. The molecular weight excluding hydrogens is 471 g/mol. The van der Waals surface area contributed by atoms with Crippen LogP contribution in [0.2, 0.25) is 0 Å². The maximum absolute atomic E-state index is 13.1. The van der Waals surface area contributed by atoms with E-state index in [4.69, 9.17) is 4.74 Å². The minimum atomic E-state index is -5.84. The van der Waals surface area contributed by atoms with Crippen molar-refractivity contribution >= 4 is 11.9 Å². The van der Waals surface area contributed by atoms with Gasteiger partial charge in [-0.3, -0.25) is 9.59 Å². The summed E-state index contributed by atoms with van der Waals surface area (Å²) in [6.07, 6.45) is 10.3. The summed E-state index contributed by atoms with van der Waals surface area (Å²) in [5.41, 5.74) is -1.89. The Morgan fingerprint density at radius 1 is 0.571 bits per heavy atom. The smallest absolute Gasteiger partial charge is 0.456 e. The summed E-state index contributed by atoms with van der Waals surface area (Å²) in [7, 11) is 0. The van der Waals surface area contributed by atoms with Gasteiger partial charge in [-0.25, -0.2) is 0 Å². The lowest BCUT2D eigenvalue weighted by Gasteiger charge is -2.28. The average Bonchev–Trinajstić information content (AvgIpc) is 2.80. The number of hydrogen-bond donors (Lipinski definition) is 0. The fourth-order valence-electron chi connectivity index (χ4n) is 3.89. The quantitative estimate of drug-likeness (QED) is 0.0664. The Bertz CT molecular complexity index is 575. The zero-order valence-electron chi connectivity index (χ0n) is 21.8. The Hall–Kier alpha value is -1.41. The Labute approximate surface area is 207 Å². The molecule has 0 N–H and O–H groups in total. The number of carbonyl (C=O) groups is 2. The summed E-state index contributed by atoms with van der Waals surface area (Å²) in [6.45, 7) is 3.03. The topological polar surface area (TPSA) is 52.6 Å². The third kappa shape index (κ3) is 12.9. The van der Waals surface area contributed by atoms with E-state index >= 15 is 0 Å². The molecule has 0 aromatic heterocycles. The van der Waals surface area contributed by atoms with Gasteiger partial charge < -0.3 is 9.47 Å². The zero-order chi connectivity index (χ0) is 26.8. The van der Waals surface area contributed by atoms with E-state index in [0.29, 0.717) is 6.42 Å². The third-order valence-electron chi connectivity index (χ3n) is 6.52. The van der Waals surface area contributed by atoms with Gasteiger partial charge in [0.15, 0.2) is 12.0 Å². The van der Waals surface area contributed by atoms with E-state index in [1.165, 1.54) is 78.1 Å². The van der Waals surface area contributed by atoms with Crippen molar-refractivity contribution in [3.63, 3.8) is 0 Å². The van der Waals surface area contributed by atoms with Gasteiger partial charge in [-0.1, -0.05) is 104 Å². The Morgan fingerprint density at radius 2 is 0.943 bits per heavy atom. The van der Waals surface area contributed by atoms with Gasteiger partial charge in [-0.05, 0) is 19.3 Å².